The Balaban J connectivity index is 0.000000106. The Labute approximate surface area is 816 Å². The third kappa shape index (κ3) is 18.2. The minimum absolute atomic E-state index is 0.0902. The molecular weight excluding hydrogens is 1880 g/mol. The predicted octanol–water partition coefficient (Wildman–Crippen LogP) is 32.4. The van der Waals surface area contributed by atoms with Crippen LogP contribution in [0.1, 0.15) is 0 Å². The van der Waals surface area contributed by atoms with Gasteiger partial charge in [0.2, 0.25) is 0 Å². The molecule has 0 radical (unpaired) electrons. The Kier molecular flexibility index (Phi) is 25.8. The van der Waals surface area contributed by atoms with Crippen LogP contribution in [0.2, 0.25) is 0 Å². The topological polar surface area (TPSA) is 211 Å². The van der Waals surface area contributed by atoms with E-state index in [1.807, 2.05) is 54.6 Å². The van der Waals surface area contributed by atoms with E-state index in [0.717, 1.165) is 51.0 Å². The molecule has 4 N–H and O–H groups in total. The van der Waals surface area contributed by atoms with E-state index in [0.29, 0.717) is 22.2 Å². The van der Waals surface area contributed by atoms with Crippen molar-refractivity contribution in [1.82, 2.24) is 19.1 Å². The minimum Gasteiger partial charge on any atom is -0.423 e. The minimum atomic E-state index is -1.34. The Bertz CT molecular complexity index is 8950. The SMILES string of the molecule is Brc1ccc(-c2ccccc2)cc1.O=[N+]([O-])c1ccc(-n2c3ccc4ccccc4c3c3c4ccccc4ccc32)cc1-c1ccccc1.O=[N+]([O-])c1ccc(F)cc1-c1ccccc1.O=[N+]([O-])c1ccc(F)cc1Br.OB(O)c1ccccc1.c1ccc2c(c1)ccc1[nH]c3ccc4ccccc4c3c12.c1ccc2c(c1)ccc1c2c2c3ccccc3ccc2n1-c1ccc2[nH]c3ccccc3c2c1. The van der Waals surface area contributed by atoms with Gasteiger partial charge in [-0.2, -0.15) is 0 Å². The second-order valence-corrected chi connectivity index (χ2v) is 35.2. The summed E-state index contributed by atoms with van der Waals surface area (Å²) in [5.41, 5.74) is 16.7. The van der Waals surface area contributed by atoms with Crippen molar-refractivity contribution in [3.05, 3.63) is 512 Å². The van der Waals surface area contributed by atoms with Gasteiger partial charge < -0.3 is 29.2 Å². The maximum atomic E-state index is 13.1. The molecule has 15 nitrogen and oxygen atoms in total. The van der Waals surface area contributed by atoms with E-state index in [2.05, 4.69) is 360 Å². The Morgan fingerprint density at radius 1 is 0.257 bits per heavy atom. The number of para-hydroxylation sites is 1. The third-order valence-corrected chi connectivity index (χ3v) is 26.3. The van der Waals surface area contributed by atoms with Crippen molar-refractivity contribution in [3.8, 4) is 44.8 Å². The van der Waals surface area contributed by atoms with E-state index in [1.165, 1.54) is 170 Å². The van der Waals surface area contributed by atoms with Gasteiger partial charge in [0.15, 0.2) is 0 Å². The lowest BCUT2D eigenvalue weighted by atomic mass is 9.81. The van der Waals surface area contributed by atoms with Crippen LogP contribution in [0.3, 0.4) is 0 Å². The number of benzene rings is 22. The molecule has 4 heterocycles. The first-order valence-electron chi connectivity index (χ1n) is 45.1. The number of halogens is 4. The van der Waals surface area contributed by atoms with Gasteiger partial charge >= 0.3 is 7.12 Å². The van der Waals surface area contributed by atoms with E-state index in [9.17, 15) is 39.1 Å². The second-order valence-electron chi connectivity index (χ2n) is 33.5. The summed E-state index contributed by atoms with van der Waals surface area (Å²) in [6.45, 7) is 0. The van der Waals surface area contributed by atoms with Crippen LogP contribution in [0, 0.1) is 42.0 Å². The summed E-state index contributed by atoms with van der Waals surface area (Å²) in [6, 6.07) is 151. The monoisotopic (exact) mass is 1950 g/mol. The molecule has 0 aliphatic heterocycles. The van der Waals surface area contributed by atoms with Crippen LogP contribution >= 0.6 is 31.9 Å². The number of rotatable bonds is 9. The molecule has 0 saturated heterocycles. The van der Waals surface area contributed by atoms with Gasteiger partial charge in [0.05, 0.1) is 52.4 Å². The third-order valence-electron chi connectivity index (χ3n) is 25.1. The van der Waals surface area contributed by atoms with E-state index >= 15 is 0 Å². The molecule has 0 spiro atoms. The average molecular weight is 1960 g/mol. The standard InChI is InChI=1S/C32H20N2O2.C32H20N2.C20H13N.C12H9Br.C12H8FNO2.C6H7BO2.C6H3BrFNO2/c35-34(36)28-19-16-24(20-27(28)21-8-2-1-3-9-21)33-29-17-14-22-10-4-6-12-25(22)31(29)32-26-13-7-5-11-23(26)15-18-30(32)33;1-3-9-23-20(7-1)13-17-29-31(23)32-24-10-4-2-8-21(24)14-18-30(32)34(29)22-15-16-28-26(19-22)25-11-5-6-12-27(25)33-28;1-3-7-15-13(5-1)9-11-17-19(15)20-16-8-4-2-6-14(16)10-12-18(20)21-17;13-12-8-6-11(7-9-12)10-4-2-1-3-5-10;13-10-6-7-12(14(15)16)11(8-10)9-4-2-1-3-5-9;8-7(9)6-4-2-1-3-5-6;7-5-3-4(8)1-2-6(5)9(10)11/h1-20H;1-19,33H;1-12,21H;1-9H;1-8H;1-5,8-9H;1-3H. The zero-order chi connectivity index (χ0) is 96.0. The number of aromatic nitrogens is 4. The van der Waals surface area contributed by atoms with Crippen LogP contribution in [0.4, 0.5) is 25.8 Å². The molecule has 20 heteroatoms. The summed E-state index contributed by atoms with van der Waals surface area (Å²) in [7, 11) is -1.34. The van der Waals surface area contributed by atoms with Crippen LogP contribution < -0.4 is 5.46 Å². The zero-order valence-electron chi connectivity index (χ0n) is 74.5. The molecule has 26 rings (SSSR count). The van der Waals surface area contributed by atoms with Crippen LogP contribution in [0.25, 0.3) is 197 Å². The molecular formula is C120H80BBr2F2N7O8. The van der Waals surface area contributed by atoms with Crippen molar-refractivity contribution in [2.45, 2.75) is 0 Å². The molecule has 22 aromatic carbocycles. The normalized spacial score (nSPS) is 11.1. The van der Waals surface area contributed by atoms with Gasteiger partial charge in [-0.05, 0) is 217 Å². The molecule has 0 saturated carbocycles. The first kappa shape index (κ1) is 90.4. The van der Waals surface area contributed by atoms with Crippen LogP contribution in [-0.2, 0) is 0 Å². The molecule has 0 unspecified atom stereocenters. The van der Waals surface area contributed by atoms with E-state index in [-0.39, 0.29) is 26.5 Å². The van der Waals surface area contributed by atoms with E-state index in [4.69, 9.17) is 10.0 Å². The lowest BCUT2D eigenvalue weighted by molar-refractivity contribution is -0.385. The number of nitro groups is 3. The highest BCUT2D eigenvalue weighted by Crippen LogP contribution is 2.46. The van der Waals surface area contributed by atoms with E-state index < -0.39 is 28.6 Å². The number of nitro benzene ring substituents is 3. The largest absolute Gasteiger partial charge is 0.488 e. The van der Waals surface area contributed by atoms with Crippen molar-refractivity contribution in [2.24, 2.45) is 0 Å². The number of fused-ring (bicyclic) bond motifs is 24. The second kappa shape index (κ2) is 39.9. The van der Waals surface area contributed by atoms with Crippen molar-refractivity contribution >= 4 is 213 Å². The van der Waals surface area contributed by atoms with Crippen LogP contribution in [-0.4, -0.2) is 51.0 Å². The van der Waals surface area contributed by atoms with Crippen molar-refractivity contribution in [1.29, 1.82) is 0 Å². The molecule has 0 atom stereocenters. The smallest absolute Gasteiger partial charge is 0.423 e. The molecule has 26 aromatic rings. The average Bonchev–Trinajstić information content (AvgIpc) is 1.56. The fourth-order valence-corrected chi connectivity index (χ4v) is 19.5. The number of nitrogens with one attached hydrogen (secondary N) is 2. The summed E-state index contributed by atoms with van der Waals surface area (Å²) in [4.78, 5) is 38.6. The summed E-state index contributed by atoms with van der Waals surface area (Å²) < 4.78 is 31.4. The molecule has 0 aliphatic carbocycles. The molecule has 674 valence electrons. The number of hydrogen-bond donors (Lipinski definition) is 4. The first-order valence-corrected chi connectivity index (χ1v) is 46.7. The Morgan fingerprint density at radius 2 is 0.557 bits per heavy atom. The van der Waals surface area contributed by atoms with Crippen molar-refractivity contribution < 1.29 is 33.6 Å². The lowest BCUT2D eigenvalue weighted by Crippen LogP contribution is -2.29. The van der Waals surface area contributed by atoms with Gasteiger partial charge in [0.25, 0.3) is 17.1 Å². The molecule has 140 heavy (non-hydrogen) atoms. The highest BCUT2D eigenvalue weighted by molar-refractivity contribution is 9.10. The van der Waals surface area contributed by atoms with Gasteiger partial charge in [0, 0.05) is 99.2 Å². The Morgan fingerprint density at radius 3 is 0.957 bits per heavy atom. The van der Waals surface area contributed by atoms with Crippen molar-refractivity contribution in [3.63, 3.8) is 0 Å². The molecule has 0 aliphatic rings. The quantitative estimate of drug-likeness (QED) is 0.0619. The Hall–Kier alpha value is -17.4. The van der Waals surface area contributed by atoms with Crippen LogP contribution in [0.15, 0.2) is 470 Å². The summed E-state index contributed by atoms with van der Waals surface area (Å²) in [5.74, 6) is -0.980. The fourth-order valence-electron chi connectivity index (χ4n) is 18.8. The highest BCUT2D eigenvalue weighted by Gasteiger charge is 2.25. The highest BCUT2D eigenvalue weighted by atomic mass is 79.9. The maximum Gasteiger partial charge on any atom is 0.488 e. The number of aromatic amines is 2. The molecule has 0 amide bonds. The molecule has 4 aromatic heterocycles. The number of H-pyrrole nitrogens is 2. The predicted molar refractivity (Wildman–Crippen MR) is 579 cm³/mol. The maximum absolute atomic E-state index is 13.1. The number of nitrogens with zero attached hydrogens (tertiary/aromatic N) is 5. The summed E-state index contributed by atoms with van der Waals surface area (Å²) >= 11 is 6.28. The lowest BCUT2D eigenvalue weighted by Gasteiger charge is -2.11. The fraction of sp³-hybridized carbons (Fsp3) is 0. The molecule has 0 bridgehead atoms. The molecule has 0 fully saturated rings. The van der Waals surface area contributed by atoms with E-state index in [1.54, 1.807) is 60.7 Å². The van der Waals surface area contributed by atoms with Gasteiger partial charge in [-0.25, -0.2) is 8.78 Å². The van der Waals surface area contributed by atoms with Gasteiger partial charge in [-0.1, -0.05) is 350 Å². The summed E-state index contributed by atoms with van der Waals surface area (Å²) in [6.07, 6.45) is 0. The summed E-state index contributed by atoms with van der Waals surface area (Å²) in [5, 5.41) is 75.4. The zero-order valence-corrected chi connectivity index (χ0v) is 77.7. The van der Waals surface area contributed by atoms with Crippen LogP contribution in [0.5, 0.6) is 0 Å². The van der Waals surface area contributed by atoms with Gasteiger partial charge in [0.1, 0.15) is 11.6 Å². The van der Waals surface area contributed by atoms with Gasteiger partial charge in [-0.3, -0.25) is 30.3 Å². The van der Waals surface area contributed by atoms with Gasteiger partial charge in [-0.15, -0.1) is 0 Å². The number of hydrogen-bond acceptors (Lipinski definition) is 8. The van der Waals surface area contributed by atoms with Crippen molar-refractivity contribution in [2.75, 3.05) is 0 Å². The first-order chi connectivity index (χ1) is 68.4.